The summed E-state index contributed by atoms with van der Waals surface area (Å²) in [4.78, 5) is 0.0926. The van der Waals surface area contributed by atoms with E-state index in [0.717, 1.165) is 60.5 Å². The molecule has 0 atom stereocenters. The van der Waals surface area contributed by atoms with E-state index in [0.29, 0.717) is 0 Å². The Kier molecular flexibility index (Phi) is 9.60. The molecular formula is C35H34F6O4S. The topological polar surface area (TPSA) is 52.6 Å². The van der Waals surface area contributed by atoms with Gasteiger partial charge < -0.3 is 9.47 Å². The van der Waals surface area contributed by atoms with Crippen molar-refractivity contribution in [2.45, 2.75) is 80.1 Å². The standard InChI is InChI=1S/C35H34F6O4S/c1-6-32(4,5)24-11-19-30(20-12-24)46(42,43)31-21-17-29(18-22-31)45-28-15-9-26(10-16-28)33(34(36,37)38,35(39,40)41)25-7-13-27(14-8-25)44-23(2)3/h7-23H,6H2,1-5H3. The highest BCUT2D eigenvalue weighted by Crippen LogP contribution is 2.56. The molecule has 0 aromatic heterocycles. The van der Waals surface area contributed by atoms with Crippen molar-refractivity contribution in [1.29, 1.82) is 0 Å². The molecule has 0 fully saturated rings. The molecule has 0 aliphatic rings. The summed E-state index contributed by atoms with van der Waals surface area (Å²) in [6, 6.07) is 19.1. The molecule has 0 saturated carbocycles. The van der Waals surface area contributed by atoms with E-state index in [4.69, 9.17) is 9.47 Å². The molecule has 0 radical (unpaired) electrons. The number of benzene rings is 4. The molecule has 4 aromatic rings. The van der Waals surface area contributed by atoms with Crippen LogP contribution in [0.1, 0.15) is 57.7 Å². The second kappa shape index (κ2) is 12.7. The van der Waals surface area contributed by atoms with Crippen molar-refractivity contribution in [3.63, 3.8) is 0 Å². The number of halogens is 6. The Balaban J connectivity index is 1.60. The first kappa shape index (κ1) is 34.9. The molecule has 4 rings (SSSR count). The lowest BCUT2D eigenvalue weighted by atomic mass is 9.73. The van der Waals surface area contributed by atoms with Gasteiger partial charge in [-0.05, 0) is 103 Å². The Morgan fingerprint density at radius 1 is 0.587 bits per heavy atom. The van der Waals surface area contributed by atoms with Crippen molar-refractivity contribution in [2.24, 2.45) is 0 Å². The molecule has 0 saturated heterocycles. The molecule has 0 spiro atoms. The van der Waals surface area contributed by atoms with Crippen LogP contribution in [0, 0.1) is 0 Å². The Bertz CT molecular complexity index is 1710. The van der Waals surface area contributed by atoms with Crippen LogP contribution in [-0.4, -0.2) is 26.9 Å². The molecule has 0 aliphatic heterocycles. The van der Waals surface area contributed by atoms with Gasteiger partial charge in [-0.3, -0.25) is 0 Å². The Morgan fingerprint density at radius 2 is 0.935 bits per heavy atom. The summed E-state index contributed by atoms with van der Waals surface area (Å²) in [5.41, 5.74) is -5.50. The van der Waals surface area contributed by atoms with Gasteiger partial charge in [0.15, 0.2) is 0 Å². The highest BCUT2D eigenvalue weighted by Gasteiger charge is 2.72. The van der Waals surface area contributed by atoms with E-state index in [1.165, 1.54) is 24.3 Å². The van der Waals surface area contributed by atoms with Crippen LogP contribution in [-0.2, 0) is 20.7 Å². The van der Waals surface area contributed by atoms with Crippen LogP contribution >= 0.6 is 0 Å². The Hall–Kier alpha value is -3.99. The fourth-order valence-corrected chi connectivity index (χ4v) is 6.32. The maximum Gasteiger partial charge on any atom is 0.411 e. The van der Waals surface area contributed by atoms with Gasteiger partial charge in [-0.2, -0.15) is 26.3 Å². The van der Waals surface area contributed by atoms with Gasteiger partial charge in [0.2, 0.25) is 15.3 Å². The van der Waals surface area contributed by atoms with Gasteiger partial charge in [0.1, 0.15) is 17.2 Å². The summed E-state index contributed by atoms with van der Waals surface area (Å²) in [6.45, 7) is 9.53. The van der Waals surface area contributed by atoms with Crippen LogP contribution in [0.3, 0.4) is 0 Å². The molecule has 0 aliphatic carbocycles. The first-order chi connectivity index (χ1) is 21.3. The molecule has 11 heteroatoms. The molecule has 0 unspecified atom stereocenters. The smallest absolute Gasteiger partial charge is 0.411 e. The predicted molar refractivity (Wildman–Crippen MR) is 163 cm³/mol. The summed E-state index contributed by atoms with van der Waals surface area (Å²) in [5.74, 6) is 0.214. The zero-order chi connectivity index (χ0) is 34.1. The van der Waals surface area contributed by atoms with E-state index in [9.17, 15) is 34.8 Å². The van der Waals surface area contributed by atoms with E-state index in [-0.39, 0.29) is 38.6 Å². The van der Waals surface area contributed by atoms with Crippen LogP contribution in [0.25, 0.3) is 0 Å². The number of rotatable bonds is 10. The maximum absolute atomic E-state index is 14.5. The lowest BCUT2D eigenvalue weighted by molar-refractivity contribution is -0.288. The van der Waals surface area contributed by atoms with Crippen LogP contribution in [0.5, 0.6) is 17.2 Å². The molecule has 0 heterocycles. The first-order valence-electron chi connectivity index (χ1n) is 14.5. The van der Waals surface area contributed by atoms with Gasteiger partial charge in [0.25, 0.3) is 0 Å². The quantitative estimate of drug-likeness (QED) is 0.158. The minimum absolute atomic E-state index is 0.0114. The third-order valence-electron chi connectivity index (χ3n) is 8.00. The summed E-state index contributed by atoms with van der Waals surface area (Å²) < 4.78 is 124. The SMILES string of the molecule is CCC(C)(C)c1ccc(S(=O)(=O)c2ccc(Oc3ccc(C(c4ccc(OC(C)C)cc4)(C(F)(F)F)C(F)(F)F)cc3)cc2)cc1. The molecular weight excluding hydrogens is 630 g/mol. The maximum atomic E-state index is 14.5. The minimum Gasteiger partial charge on any atom is -0.491 e. The number of alkyl halides is 6. The van der Waals surface area contributed by atoms with Crippen molar-refractivity contribution in [3.8, 4) is 17.2 Å². The highest BCUT2D eigenvalue weighted by atomic mass is 32.2. The Morgan fingerprint density at radius 3 is 1.30 bits per heavy atom. The molecule has 246 valence electrons. The summed E-state index contributed by atoms with van der Waals surface area (Å²) in [5, 5.41) is 0. The summed E-state index contributed by atoms with van der Waals surface area (Å²) in [7, 11) is -3.86. The molecule has 46 heavy (non-hydrogen) atoms. The van der Waals surface area contributed by atoms with Crippen LogP contribution in [0.15, 0.2) is 107 Å². The predicted octanol–water partition coefficient (Wildman–Crippen LogP) is 10.2. The second-order valence-electron chi connectivity index (χ2n) is 11.8. The van der Waals surface area contributed by atoms with E-state index in [1.807, 2.05) is 6.92 Å². The first-order valence-corrected chi connectivity index (χ1v) is 16.0. The van der Waals surface area contributed by atoms with E-state index in [1.54, 1.807) is 38.1 Å². The lowest BCUT2D eigenvalue weighted by Gasteiger charge is -2.38. The number of sulfone groups is 1. The number of ether oxygens (including phenoxy) is 2. The minimum atomic E-state index is -5.75. The highest BCUT2D eigenvalue weighted by molar-refractivity contribution is 7.91. The van der Waals surface area contributed by atoms with Crippen molar-refractivity contribution >= 4 is 9.84 Å². The summed E-state index contributed by atoms with van der Waals surface area (Å²) in [6.07, 6.45) is -11.0. The third-order valence-corrected chi connectivity index (χ3v) is 9.78. The zero-order valence-electron chi connectivity index (χ0n) is 25.8. The fraction of sp³-hybridized carbons (Fsp3) is 0.314. The third kappa shape index (κ3) is 6.74. The van der Waals surface area contributed by atoms with Crippen LogP contribution in [0.4, 0.5) is 26.3 Å². The number of hydrogen-bond acceptors (Lipinski definition) is 4. The molecule has 4 nitrogen and oxygen atoms in total. The zero-order valence-corrected chi connectivity index (χ0v) is 26.6. The molecule has 0 bridgehead atoms. The van der Waals surface area contributed by atoms with E-state index in [2.05, 4.69) is 13.8 Å². The average Bonchev–Trinajstić information content (AvgIpc) is 2.98. The van der Waals surface area contributed by atoms with E-state index >= 15 is 0 Å². The van der Waals surface area contributed by atoms with Gasteiger partial charge in [-0.25, -0.2) is 8.42 Å². The van der Waals surface area contributed by atoms with Gasteiger partial charge in [0, 0.05) is 0 Å². The van der Waals surface area contributed by atoms with Gasteiger partial charge in [0.05, 0.1) is 15.9 Å². The summed E-state index contributed by atoms with van der Waals surface area (Å²) >= 11 is 0. The van der Waals surface area contributed by atoms with Gasteiger partial charge in [-0.15, -0.1) is 0 Å². The molecule has 0 N–H and O–H groups in total. The fourth-order valence-electron chi connectivity index (χ4n) is 5.06. The van der Waals surface area contributed by atoms with Crippen molar-refractivity contribution in [3.05, 3.63) is 114 Å². The molecule has 0 amide bonds. The Labute approximate surface area is 264 Å². The van der Waals surface area contributed by atoms with Crippen molar-refractivity contribution in [2.75, 3.05) is 0 Å². The van der Waals surface area contributed by atoms with E-state index < -0.39 is 38.7 Å². The largest absolute Gasteiger partial charge is 0.491 e. The normalized spacial score (nSPS) is 13.1. The monoisotopic (exact) mass is 664 g/mol. The van der Waals surface area contributed by atoms with Gasteiger partial charge >= 0.3 is 12.4 Å². The van der Waals surface area contributed by atoms with Crippen LogP contribution < -0.4 is 9.47 Å². The van der Waals surface area contributed by atoms with Gasteiger partial charge in [-0.1, -0.05) is 57.2 Å². The van der Waals surface area contributed by atoms with Crippen molar-refractivity contribution < 1.29 is 44.2 Å². The van der Waals surface area contributed by atoms with Crippen molar-refractivity contribution in [1.82, 2.24) is 0 Å². The average molecular weight is 665 g/mol. The second-order valence-corrected chi connectivity index (χ2v) is 13.7. The number of hydrogen-bond donors (Lipinski definition) is 0. The lowest BCUT2D eigenvalue weighted by Crippen LogP contribution is -2.54. The molecule has 4 aromatic carbocycles. The van der Waals surface area contributed by atoms with Crippen LogP contribution in [0.2, 0.25) is 0 Å².